The van der Waals surface area contributed by atoms with Crippen molar-refractivity contribution in [1.82, 2.24) is 0 Å². The van der Waals surface area contributed by atoms with Crippen molar-refractivity contribution in [3.63, 3.8) is 0 Å². The van der Waals surface area contributed by atoms with E-state index >= 15 is 0 Å². The number of rotatable bonds is 7. The molecule has 0 atom stereocenters. The average Bonchev–Trinajstić information content (AvgIpc) is 2.64. The molecule has 0 heterocycles. The molecule has 132 valence electrons. The number of ether oxygens (including phenoxy) is 4. The maximum absolute atomic E-state index is 12.3. The SMILES string of the molecule is COc1ccc(C(=O)/C=C/c2cc(OC)c(OC)c(OC)c2)c(O)c1. The lowest BCUT2D eigenvalue weighted by Gasteiger charge is -2.12. The van der Waals surface area contributed by atoms with E-state index in [2.05, 4.69) is 0 Å². The summed E-state index contributed by atoms with van der Waals surface area (Å²) in [6.07, 6.45) is 2.97. The number of phenolic OH excluding ortho intramolecular Hbond substituents is 1. The van der Waals surface area contributed by atoms with Gasteiger partial charge in [-0.15, -0.1) is 0 Å². The third-order valence-corrected chi connectivity index (χ3v) is 3.58. The summed E-state index contributed by atoms with van der Waals surface area (Å²) in [6.45, 7) is 0. The van der Waals surface area contributed by atoms with Crippen LogP contribution in [-0.2, 0) is 0 Å². The normalized spacial score (nSPS) is 10.6. The Labute approximate surface area is 146 Å². The monoisotopic (exact) mass is 344 g/mol. The van der Waals surface area contributed by atoms with E-state index < -0.39 is 0 Å². The van der Waals surface area contributed by atoms with Crippen LogP contribution < -0.4 is 18.9 Å². The Morgan fingerprint density at radius 1 is 0.920 bits per heavy atom. The Kier molecular flexibility index (Phi) is 5.89. The fourth-order valence-electron chi connectivity index (χ4n) is 2.31. The molecule has 0 fully saturated rings. The standard InChI is InChI=1S/C19H20O6/c1-22-13-6-7-14(16(21)11-13)15(20)8-5-12-9-17(23-2)19(25-4)18(10-12)24-3/h5-11,21H,1-4H3/b8-5+. The van der Waals surface area contributed by atoms with Gasteiger partial charge in [-0.3, -0.25) is 4.79 Å². The molecule has 1 N–H and O–H groups in total. The highest BCUT2D eigenvalue weighted by Crippen LogP contribution is 2.38. The van der Waals surface area contributed by atoms with Crippen LogP contribution in [0.15, 0.2) is 36.4 Å². The molecule has 0 bridgehead atoms. The lowest BCUT2D eigenvalue weighted by atomic mass is 10.1. The van der Waals surface area contributed by atoms with Gasteiger partial charge in [0.1, 0.15) is 11.5 Å². The molecule has 0 unspecified atom stereocenters. The second kappa shape index (κ2) is 8.10. The van der Waals surface area contributed by atoms with E-state index in [1.807, 2.05) is 0 Å². The summed E-state index contributed by atoms with van der Waals surface area (Å²) < 4.78 is 20.8. The Bertz CT molecular complexity index is 769. The number of aromatic hydroxyl groups is 1. The van der Waals surface area contributed by atoms with Crippen LogP contribution in [0.25, 0.3) is 6.08 Å². The van der Waals surface area contributed by atoms with Gasteiger partial charge in [0.05, 0.1) is 34.0 Å². The van der Waals surface area contributed by atoms with Gasteiger partial charge < -0.3 is 24.1 Å². The van der Waals surface area contributed by atoms with E-state index in [1.165, 1.54) is 46.6 Å². The molecule has 0 radical (unpaired) electrons. The van der Waals surface area contributed by atoms with Gasteiger partial charge in [-0.1, -0.05) is 6.08 Å². The van der Waals surface area contributed by atoms with Crippen LogP contribution in [-0.4, -0.2) is 39.3 Å². The highest BCUT2D eigenvalue weighted by atomic mass is 16.5. The first-order chi connectivity index (χ1) is 12.0. The summed E-state index contributed by atoms with van der Waals surface area (Å²) in [4.78, 5) is 12.3. The van der Waals surface area contributed by atoms with E-state index in [0.717, 1.165) is 0 Å². The van der Waals surface area contributed by atoms with Gasteiger partial charge in [-0.2, -0.15) is 0 Å². The van der Waals surface area contributed by atoms with Gasteiger partial charge in [-0.05, 0) is 35.9 Å². The number of allylic oxidation sites excluding steroid dienone is 1. The van der Waals surface area contributed by atoms with Crippen molar-refractivity contribution in [2.24, 2.45) is 0 Å². The third-order valence-electron chi connectivity index (χ3n) is 3.58. The first-order valence-electron chi connectivity index (χ1n) is 7.43. The zero-order chi connectivity index (χ0) is 18.4. The molecule has 25 heavy (non-hydrogen) atoms. The lowest BCUT2D eigenvalue weighted by molar-refractivity contribution is 0.104. The van der Waals surface area contributed by atoms with E-state index in [0.29, 0.717) is 28.6 Å². The zero-order valence-corrected chi connectivity index (χ0v) is 14.5. The highest BCUT2D eigenvalue weighted by molar-refractivity contribution is 6.08. The Balaban J connectivity index is 2.31. The van der Waals surface area contributed by atoms with Crippen molar-refractivity contribution in [1.29, 1.82) is 0 Å². The van der Waals surface area contributed by atoms with Crippen LogP contribution in [0, 0.1) is 0 Å². The van der Waals surface area contributed by atoms with Crippen LogP contribution in [0.1, 0.15) is 15.9 Å². The summed E-state index contributed by atoms with van der Waals surface area (Å²) in [5.74, 6) is 1.44. The molecular formula is C19H20O6. The number of methoxy groups -OCH3 is 4. The van der Waals surface area contributed by atoms with Crippen molar-refractivity contribution >= 4 is 11.9 Å². The molecule has 0 amide bonds. The van der Waals surface area contributed by atoms with Crippen molar-refractivity contribution in [3.05, 3.63) is 47.5 Å². The molecule has 0 saturated heterocycles. The fourth-order valence-corrected chi connectivity index (χ4v) is 2.31. The molecule has 2 rings (SSSR count). The number of carbonyl (C=O) groups excluding carboxylic acids is 1. The summed E-state index contributed by atoms with van der Waals surface area (Å²) in [7, 11) is 6.04. The van der Waals surface area contributed by atoms with Crippen LogP contribution in [0.4, 0.5) is 0 Å². The third kappa shape index (κ3) is 4.03. The quantitative estimate of drug-likeness (QED) is 0.613. The Morgan fingerprint density at radius 3 is 2.04 bits per heavy atom. The van der Waals surface area contributed by atoms with Crippen molar-refractivity contribution in [2.45, 2.75) is 0 Å². The number of carbonyl (C=O) groups is 1. The van der Waals surface area contributed by atoms with Gasteiger partial charge >= 0.3 is 0 Å². The largest absolute Gasteiger partial charge is 0.507 e. The minimum Gasteiger partial charge on any atom is -0.507 e. The average molecular weight is 344 g/mol. The topological polar surface area (TPSA) is 74.2 Å². The molecule has 0 spiro atoms. The number of benzene rings is 2. The van der Waals surface area contributed by atoms with Crippen LogP contribution in [0.2, 0.25) is 0 Å². The predicted octanol–water partition coefficient (Wildman–Crippen LogP) is 3.32. The predicted molar refractivity (Wildman–Crippen MR) is 94.1 cm³/mol. The van der Waals surface area contributed by atoms with Gasteiger partial charge in [0, 0.05) is 6.07 Å². The Hall–Kier alpha value is -3.15. The maximum Gasteiger partial charge on any atom is 0.203 e. The summed E-state index contributed by atoms with van der Waals surface area (Å²) >= 11 is 0. The van der Waals surface area contributed by atoms with E-state index in [-0.39, 0.29) is 17.1 Å². The van der Waals surface area contributed by atoms with E-state index in [9.17, 15) is 9.90 Å². The van der Waals surface area contributed by atoms with Crippen LogP contribution in [0.3, 0.4) is 0 Å². The number of hydrogen-bond donors (Lipinski definition) is 1. The molecule has 0 aliphatic carbocycles. The van der Waals surface area contributed by atoms with Gasteiger partial charge in [0.25, 0.3) is 0 Å². The number of ketones is 1. The number of phenols is 1. The van der Waals surface area contributed by atoms with Crippen LogP contribution >= 0.6 is 0 Å². The van der Waals surface area contributed by atoms with E-state index in [1.54, 1.807) is 24.3 Å². The smallest absolute Gasteiger partial charge is 0.203 e. The Morgan fingerprint density at radius 2 is 1.56 bits per heavy atom. The lowest BCUT2D eigenvalue weighted by Crippen LogP contribution is -1.97. The molecular weight excluding hydrogens is 324 g/mol. The minimum absolute atomic E-state index is 0.140. The van der Waals surface area contributed by atoms with E-state index in [4.69, 9.17) is 18.9 Å². The number of hydrogen-bond acceptors (Lipinski definition) is 6. The first-order valence-corrected chi connectivity index (χ1v) is 7.43. The molecule has 6 heteroatoms. The van der Waals surface area contributed by atoms with Crippen molar-refractivity contribution < 1.29 is 28.8 Å². The molecule has 2 aromatic rings. The summed E-state index contributed by atoms with van der Waals surface area (Å²) in [5, 5.41) is 9.93. The van der Waals surface area contributed by atoms with Crippen molar-refractivity contribution in [2.75, 3.05) is 28.4 Å². The minimum atomic E-state index is -0.339. The highest BCUT2D eigenvalue weighted by Gasteiger charge is 2.13. The zero-order valence-electron chi connectivity index (χ0n) is 14.5. The second-order valence-electron chi connectivity index (χ2n) is 5.04. The summed E-state index contributed by atoms with van der Waals surface area (Å²) in [5.41, 5.74) is 0.875. The fraction of sp³-hybridized carbons (Fsp3) is 0.211. The maximum atomic E-state index is 12.3. The molecule has 6 nitrogen and oxygen atoms in total. The van der Waals surface area contributed by atoms with Gasteiger partial charge in [-0.25, -0.2) is 0 Å². The summed E-state index contributed by atoms with van der Waals surface area (Å²) in [6, 6.07) is 7.95. The molecule has 0 aliphatic rings. The second-order valence-corrected chi connectivity index (χ2v) is 5.04. The first kappa shape index (κ1) is 18.2. The molecule has 2 aromatic carbocycles. The van der Waals surface area contributed by atoms with Crippen LogP contribution in [0.5, 0.6) is 28.7 Å². The van der Waals surface area contributed by atoms with Gasteiger partial charge in [0.2, 0.25) is 5.75 Å². The molecule has 0 aliphatic heterocycles. The molecule has 0 saturated carbocycles. The molecule has 0 aromatic heterocycles. The van der Waals surface area contributed by atoms with Gasteiger partial charge in [0.15, 0.2) is 17.3 Å². The van der Waals surface area contributed by atoms with Crippen molar-refractivity contribution in [3.8, 4) is 28.7 Å².